The zero-order chi connectivity index (χ0) is 84.6. The molecular weight excluding hydrogens is 2350 g/mol. The third-order valence-corrected chi connectivity index (χ3v) is 20.7. The summed E-state index contributed by atoms with van der Waals surface area (Å²) in [5.41, 5.74) is 13.5. The fraction of sp³-hybridized carbons (Fsp3) is 0. The van der Waals surface area contributed by atoms with E-state index in [1.165, 1.54) is 0 Å². The smallest absolute Gasteiger partial charge is 0.509 e. The van der Waals surface area contributed by atoms with E-state index in [1.54, 1.807) is 35.4 Å². The molecule has 10 heterocycles. The minimum Gasteiger partial charge on any atom is -0.509 e. The summed E-state index contributed by atoms with van der Waals surface area (Å²) in [6.07, 6.45) is 15.0. The summed E-state index contributed by atoms with van der Waals surface area (Å²) >= 11 is 0. The van der Waals surface area contributed by atoms with Crippen LogP contribution in [0.4, 0.5) is 0 Å². The molecule has 0 saturated carbocycles. The zero-order valence-electron chi connectivity index (χ0n) is 68.7. The molecule has 0 N–H and O–H groups in total. The van der Waals surface area contributed by atoms with Crippen molar-refractivity contribution in [1.29, 1.82) is 0 Å². The second kappa shape index (κ2) is 40.5. The van der Waals surface area contributed by atoms with E-state index in [0.717, 1.165) is 133 Å². The summed E-state index contributed by atoms with van der Waals surface area (Å²) in [5, 5.41) is 27.3. The Kier molecular flexibility index (Phi) is 27.2. The minimum atomic E-state index is 0. The van der Waals surface area contributed by atoms with E-state index in [-0.39, 0.29) is 84.3 Å². The number of hydrogen-bond donors (Lipinski definition) is 0. The van der Waals surface area contributed by atoms with Gasteiger partial charge in [0.25, 0.3) is 0 Å². The van der Waals surface area contributed by atoms with E-state index >= 15 is 0 Å². The van der Waals surface area contributed by atoms with Gasteiger partial charge in [0.2, 0.25) is 5.88 Å². The average molecular weight is 2420 g/mol. The number of fused-ring (bicyclic) bond motifs is 10. The fourth-order valence-corrected chi connectivity index (χ4v) is 14.9. The summed E-state index contributed by atoms with van der Waals surface area (Å²) in [5.74, 6) is 6.57. The summed E-state index contributed by atoms with van der Waals surface area (Å²) in [7, 11) is 0. The van der Waals surface area contributed by atoms with Gasteiger partial charge in [0.05, 0.1) is 27.6 Å². The molecule has 131 heavy (non-hydrogen) atoms. The monoisotopic (exact) mass is 2420 g/mol. The Morgan fingerprint density at radius 2 is 0.580 bits per heavy atom. The molecule has 0 atom stereocenters. The van der Waals surface area contributed by atoms with Crippen molar-refractivity contribution in [2.75, 3.05) is 0 Å². The number of benzene rings is 14. The molecule has 0 aliphatic carbocycles. The summed E-state index contributed by atoms with van der Waals surface area (Å²) < 4.78 is 41.5. The Bertz CT molecular complexity index is 7900. The first-order valence-electron chi connectivity index (χ1n) is 40.7. The quantitative estimate of drug-likeness (QED) is 0.0787. The second-order valence-corrected chi connectivity index (χ2v) is 29.1. The van der Waals surface area contributed by atoms with Crippen molar-refractivity contribution < 1.29 is 108 Å². The largest absolute Gasteiger partial charge is 2.00 e. The van der Waals surface area contributed by atoms with Gasteiger partial charge in [0, 0.05) is 145 Å². The van der Waals surface area contributed by atoms with E-state index < -0.39 is 0 Å². The molecule has 19 nitrogen and oxygen atoms in total. The van der Waals surface area contributed by atoms with Crippen LogP contribution in [-0.2, 0) is 84.3 Å². The predicted octanol–water partition coefficient (Wildman–Crippen LogP) is 24.9. The van der Waals surface area contributed by atoms with E-state index in [2.05, 4.69) is 134 Å². The maximum Gasteiger partial charge on any atom is 2.00 e. The van der Waals surface area contributed by atoms with Gasteiger partial charge >= 0.3 is 84.3 Å². The van der Waals surface area contributed by atoms with Crippen molar-refractivity contribution in [1.82, 2.24) is 68.2 Å². The van der Waals surface area contributed by atoms with Gasteiger partial charge < -0.3 is 37.8 Å². The first kappa shape index (κ1) is 88.0. The van der Waals surface area contributed by atoms with Gasteiger partial charge in [-0.1, -0.05) is 157 Å². The molecule has 0 radical (unpaired) electrons. The van der Waals surface area contributed by atoms with Crippen molar-refractivity contribution in [3.8, 4) is 103 Å². The van der Waals surface area contributed by atoms with E-state index in [0.29, 0.717) is 57.6 Å². The Hall–Kier alpha value is -15.1. The van der Waals surface area contributed by atoms with Crippen molar-refractivity contribution in [2.24, 2.45) is 0 Å². The van der Waals surface area contributed by atoms with Gasteiger partial charge in [0.1, 0.15) is 11.5 Å². The van der Waals surface area contributed by atoms with Crippen molar-refractivity contribution >= 4 is 87.4 Å². The first-order chi connectivity index (χ1) is 62.8. The van der Waals surface area contributed by atoms with Crippen LogP contribution in [0.2, 0.25) is 0 Å². The molecule has 0 bridgehead atoms. The SMILES string of the molecule is [Pt+2].[Pt+2].[Pt+2].[Pt+2].[c-]1c(Oc2[c-]c(-n3c4ccccc4c4cccnc43)ccc2)cccc1-n1cc2ccccc2n1.[c-]1c(Oc2[c-]c(-n3cc4ccccc4n3)ccc2)cccc1-c1ccccn1.[c-]1c(Oc2[c-]c(-n3cc4ccccc4n3)ccc2)cccc1Oc1ccccn1.[c-]1c(Oc2[c-]c3c(cc2)c2ccccc2n3-c2ccccn2)cccc1-n1cc2ccccc2n1. The van der Waals surface area contributed by atoms with Crippen LogP contribution in [0.25, 0.3) is 133 Å². The fourth-order valence-electron chi connectivity index (χ4n) is 14.9. The predicted molar refractivity (Wildman–Crippen MR) is 493 cm³/mol. The zero-order valence-corrected chi connectivity index (χ0v) is 77.8. The molecule has 14 aromatic carbocycles. The topological polar surface area (TPSA) is 179 Å². The van der Waals surface area contributed by atoms with Crippen LogP contribution in [0, 0.1) is 48.5 Å². The summed E-state index contributed by atoms with van der Waals surface area (Å²) in [6, 6.07) is 140. The number of ether oxygens (including phenoxy) is 5. The molecule has 23 heteroatoms. The van der Waals surface area contributed by atoms with Gasteiger partial charge in [-0.3, -0.25) is 18.7 Å². The van der Waals surface area contributed by atoms with E-state index in [4.69, 9.17) is 23.7 Å². The molecule has 0 amide bonds. The standard InChI is InChI=1S/2C30H18N4O.C24H15N3O2.C24H15N3O.4Pt/c1-3-15-28-21(8-1)20-33(32-28)22-9-5-11-24(18-22)35-25-12-6-10-23(19-25)34-29-16-4-2-13-26(29)27-14-7-17-31-30(27)34;1-3-12-27-21(8-1)20-33(32-27)22-9-7-10-23(18-22)35-24-15-16-26-25-11-2-4-13-28(25)34(29(26)19-24)30-14-5-6-17-31-30;1-2-12-23-18(7-1)17-27(26-23)19-8-5-9-20(15-19)28-21-10-6-11-22(16-21)29-24-13-3-4-14-25-24;1-2-13-24-19(7-1)17-27(26-24)20-9-6-11-22(16-20)28-21-10-5-8-18(15-21)23-12-3-4-14-25-23;;;;/h2*1-17,20H;1-14,17H;1-14,17H;;;;/q4*-2;4*+2. The normalized spacial score (nSPS) is 10.8. The maximum absolute atomic E-state index is 6.22. The number of rotatable bonds is 17. The average Bonchev–Trinajstić information content (AvgIpc) is 1.60. The van der Waals surface area contributed by atoms with Crippen LogP contribution < -0.4 is 23.7 Å². The molecule has 0 aliphatic rings. The van der Waals surface area contributed by atoms with E-state index in [9.17, 15) is 0 Å². The maximum atomic E-state index is 6.22. The molecular formula is C108H66N14O5Pt4. The van der Waals surface area contributed by atoms with Crippen LogP contribution in [0.3, 0.4) is 0 Å². The van der Waals surface area contributed by atoms with Gasteiger partial charge in [-0.25, -0.2) is 15.0 Å². The summed E-state index contributed by atoms with van der Waals surface area (Å²) in [4.78, 5) is 17.8. The number of para-hydroxylation sites is 2. The Labute approximate surface area is 809 Å². The minimum absolute atomic E-state index is 0. The molecule has 0 spiro atoms. The third-order valence-electron chi connectivity index (χ3n) is 20.7. The molecule has 638 valence electrons. The van der Waals surface area contributed by atoms with Crippen molar-refractivity contribution in [2.45, 2.75) is 0 Å². The van der Waals surface area contributed by atoms with Gasteiger partial charge in [-0.15, -0.1) is 144 Å². The van der Waals surface area contributed by atoms with Gasteiger partial charge in [0.15, 0.2) is 0 Å². The first-order valence-corrected chi connectivity index (χ1v) is 40.7. The molecule has 0 fully saturated rings. The second-order valence-electron chi connectivity index (χ2n) is 29.1. The van der Waals surface area contributed by atoms with Gasteiger partial charge in [-0.2, -0.15) is 62.9 Å². The van der Waals surface area contributed by atoms with Crippen LogP contribution in [0.1, 0.15) is 0 Å². The Morgan fingerprint density at radius 1 is 0.221 bits per heavy atom. The number of nitrogens with zero attached hydrogens (tertiary/aromatic N) is 14. The summed E-state index contributed by atoms with van der Waals surface area (Å²) in [6.45, 7) is 0. The van der Waals surface area contributed by atoms with Gasteiger partial charge in [-0.05, 0) is 107 Å². The molecule has 24 rings (SSSR count). The van der Waals surface area contributed by atoms with E-state index in [1.807, 2.05) is 348 Å². The Morgan fingerprint density at radius 3 is 1.04 bits per heavy atom. The Balaban J connectivity index is 0.000000122. The van der Waals surface area contributed by atoms with Crippen molar-refractivity contribution in [3.63, 3.8) is 0 Å². The van der Waals surface area contributed by atoms with Crippen LogP contribution in [0.15, 0.2) is 401 Å². The third kappa shape index (κ3) is 19.7. The molecule has 0 unspecified atom stereocenters. The molecule has 0 aliphatic heterocycles. The van der Waals surface area contributed by atoms with Crippen molar-refractivity contribution in [3.05, 3.63) is 450 Å². The number of hydrogen-bond acceptors (Lipinski definition) is 13. The number of aromatic nitrogens is 14. The molecule has 10 aromatic heterocycles. The van der Waals surface area contributed by atoms with Crippen LogP contribution >= 0.6 is 0 Å². The molecule has 24 aromatic rings. The van der Waals surface area contributed by atoms with Crippen LogP contribution in [0.5, 0.6) is 57.6 Å². The molecule has 0 saturated heterocycles. The van der Waals surface area contributed by atoms with Crippen LogP contribution in [-0.4, -0.2) is 68.2 Å². The number of pyridine rings is 4.